The molecular weight excluding hydrogens is 394 g/mol. The molecule has 4 N–H and O–H groups in total. The van der Waals surface area contributed by atoms with Crippen molar-refractivity contribution in [3.8, 4) is 5.75 Å². The van der Waals surface area contributed by atoms with Gasteiger partial charge in [0.25, 0.3) is 0 Å². The Morgan fingerprint density at radius 1 is 1.04 bits per heavy atom. The molecule has 11 heteroatoms. The van der Waals surface area contributed by atoms with Crippen molar-refractivity contribution < 1.29 is 26.4 Å². The highest BCUT2D eigenvalue weighted by molar-refractivity contribution is 7.89. The number of carbonyl (C=O) groups excluding carboxylic acids is 1. The van der Waals surface area contributed by atoms with Crippen LogP contribution >= 0.6 is 0 Å². The maximum absolute atomic E-state index is 12.5. The number of nitrogens with one attached hydrogen (secondary N) is 2. The summed E-state index contributed by atoms with van der Waals surface area (Å²) in [5, 5.41) is 7.56. The highest BCUT2D eigenvalue weighted by Gasteiger charge is 2.17. The summed E-state index contributed by atoms with van der Waals surface area (Å²) in [6.07, 6.45) is 0. The van der Waals surface area contributed by atoms with Gasteiger partial charge in [-0.1, -0.05) is 12.1 Å². The molecule has 0 unspecified atom stereocenters. The fourth-order valence-electron chi connectivity index (χ4n) is 2.19. The number of nitrogens with two attached hydrogens (primary N) is 1. The Hall–Kier alpha value is -2.47. The first-order valence-corrected chi connectivity index (χ1v) is 10.6. The summed E-state index contributed by atoms with van der Waals surface area (Å²) >= 11 is 0. The number of ether oxygens (including phenoxy) is 1. The second kappa shape index (κ2) is 8.05. The fourth-order valence-corrected chi connectivity index (χ4v) is 3.74. The number of anilines is 1. The van der Waals surface area contributed by atoms with Gasteiger partial charge in [-0.25, -0.2) is 26.7 Å². The molecule has 0 heterocycles. The molecule has 0 aliphatic rings. The van der Waals surface area contributed by atoms with Gasteiger partial charge in [-0.2, -0.15) is 0 Å². The molecule has 9 nitrogen and oxygen atoms in total. The van der Waals surface area contributed by atoms with Crippen LogP contribution in [0.2, 0.25) is 0 Å². The van der Waals surface area contributed by atoms with Crippen molar-refractivity contribution in [2.45, 2.75) is 23.3 Å². The van der Waals surface area contributed by atoms with Crippen molar-refractivity contribution in [2.75, 3.05) is 12.4 Å². The minimum absolute atomic E-state index is 0.0467. The molecule has 27 heavy (non-hydrogen) atoms. The summed E-state index contributed by atoms with van der Waals surface area (Å²) in [7, 11) is -6.31. The summed E-state index contributed by atoms with van der Waals surface area (Å²) in [5.41, 5.74) is 0.898. The molecule has 2 aromatic carbocycles. The van der Waals surface area contributed by atoms with E-state index in [0.717, 1.165) is 0 Å². The number of amides is 1. The number of hydrogen-bond donors (Lipinski definition) is 3. The first-order chi connectivity index (χ1) is 12.5. The Kier molecular flexibility index (Phi) is 6.21. The van der Waals surface area contributed by atoms with Crippen LogP contribution in [0.1, 0.15) is 12.5 Å². The lowest BCUT2D eigenvalue weighted by molar-refractivity contribution is -0.114. The predicted molar refractivity (Wildman–Crippen MR) is 99.1 cm³/mol. The van der Waals surface area contributed by atoms with Crippen LogP contribution < -0.4 is 19.9 Å². The summed E-state index contributed by atoms with van der Waals surface area (Å²) in [6.45, 7) is 1.27. The van der Waals surface area contributed by atoms with E-state index in [1.54, 1.807) is 0 Å². The number of sulfonamides is 2. The van der Waals surface area contributed by atoms with Gasteiger partial charge in [-0.05, 0) is 29.8 Å². The monoisotopic (exact) mass is 413 g/mol. The second-order valence-corrected chi connectivity index (χ2v) is 8.89. The average molecular weight is 413 g/mol. The van der Waals surface area contributed by atoms with Crippen LogP contribution in [-0.2, 0) is 31.4 Å². The van der Waals surface area contributed by atoms with Gasteiger partial charge >= 0.3 is 0 Å². The van der Waals surface area contributed by atoms with Gasteiger partial charge in [0.1, 0.15) is 5.75 Å². The maximum Gasteiger partial charge on any atom is 0.241 e. The average Bonchev–Trinajstić information content (AvgIpc) is 2.59. The largest absolute Gasteiger partial charge is 0.495 e. The van der Waals surface area contributed by atoms with Crippen molar-refractivity contribution in [1.82, 2.24) is 4.72 Å². The highest BCUT2D eigenvalue weighted by Crippen LogP contribution is 2.27. The molecule has 0 fully saturated rings. The molecule has 2 rings (SSSR count). The standard InChI is InChI=1S/C16H19N3O6S2/c1-11(20)19-15-8-7-14(9-16(15)25-2)27(23,24)18-10-12-3-5-13(6-4-12)26(17,21)22/h3-9,18H,10H2,1-2H3,(H,19,20)(H2,17,21,22). The Balaban J connectivity index is 2.17. The molecule has 0 spiro atoms. The van der Waals surface area contributed by atoms with Gasteiger partial charge in [-0.3, -0.25) is 4.79 Å². The summed E-state index contributed by atoms with van der Waals surface area (Å²) in [5.74, 6) is -0.115. The second-order valence-electron chi connectivity index (χ2n) is 5.56. The van der Waals surface area contributed by atoms with Crippen LogP contribution in [0.3, 0.4) is 0 Å². The first kappa shape index (κ1) is 20.8. The third-order valence-electron chi connectivity index (χ3n) is 3.51. The zero-order valence-corrected chi connectivity index (χ0v) is 16.2. The van der Waals surface area contributed by atoms with Gasteiger partial charge in [0.2, 0.25) is 26.0 Å². The van der Waals surface area contributed by atoms with E-state index in [4.69, 9.17) is 9.88 Å². The van der Waals surface area contributed by atoms with Crippen molar-refractivity contribution in [3.05, 3.63) is 48.0 Å². The van der Waals surface area contributed by atoms with Gasteiger partial charge in [0, 0.05) is 19.5 Å². The van der Waals surface area contributed by atoms with Gasteiger partial charge < -0.3 is 10.1 Å². The van der Waals surface area contributed by atoms with Crippen molar-refractivity contribution >= 4 is 31.6 Å². The van der Waals surface area contributed by atoms with Crippen LogP contribution in [0.4, 0.5) is 5.69 Å². The third-order valence-corrected chi connectivity index (χ3v) is 5.84. The predicted octanol–water partition coefficient (Wildman–Crippen LogP) is 0.780. The van der Waals surface area contributed by atoms with Gasteiger partial charge in [0.15, 0.2) is 0 Å². The fraction of sp³-hybridized carbons (Fsp3) is 0.188. The zero-order valence-electron chi connectivity index (χ0n) is 14.6. The molecular formula is C16H19N3O6S2. The van der Waals surface area contributed by atoms with Crippen molar-refractivity contribution in [2.24, 2.45) is 5.14 Å². The summed E-state index contributed by atoms with van der Waals surface area (Å²) < 4.78 is 54.9. The Bertz CT molecular complexity index is 1050. The van der Waals surface area contributed by atoms with Crippen LogP contribution in [0.5, 0.6) is 5.75 Å². The van der Waals surface area contributed by atoms with Crippen molar-refractivity contribution in [1.29, 1.82) is 0 Å². The topological polar surface area (TPSA) is 145 Å². The first-order valence-electron chi connectivity index (χ1n) is 7.60. The van der Waals surface area contributed by atoms with Crippen LogP contribution in [-0.4, -0.2) is 29.9 Å². The molecule has 0 aromatic heterocycles. The molecule has 0 aliphatic heterocycles. The molecule has 0 atom stereocenters. The number of hydrogen-bond acceptors (Lipinski definition) is 6. The van der Waals surface area contributed by atoms with E-state index in [-0.39, 0.29) is 28.0 Å². The Labute approximate surface area is 157 Å². The Morgan fingerprint density at radius 3 is 2.15 bits per heavy atom. The van der Waals surface area contributed by atoms with E-state index >= 15 is 0 Å². The molecule has 2 aromatic rings. The van der Waals surface area contributed by atoms with E-state index in [0.29, 0.717) is 11.3 Å². The summed E-state index contributed by atoms with van der Waals surface area (Å²) in [4.78, 5) is 11.1. The van der Waals surface area contributed by atoms with Gasteiger partial charge in [-0.15, -0.1) is 0 Å². The minimum Gasteiger partial charge on any atom is -0.495 e. The van der Waals surface area contributed by atoms with E-state index in [2.05, 4.69) is 10.0 Å². The van der Waals surface area contributed by atoms with Crippen LogP contribution in [0, 0.1) is 0 Å². The molecule has 0 bridgehead atoms. The lowest BCUT2D eigenvalue weighted by Gasteiger charge is -2.12. The van der Waals surface area contributed by atoms with Crippen LogP contribution in [0.15, 0.2) is 52.3 Å². The van der Waals surface area contributed by atoms with E-state index in [1.165, 1.54) is 56.5 Å². The number of rotatable bonds is 7. The maximum atomic E-state index is 12.5. The highest BCUT2D eigenvalue weighted by atomic mass is 32.2. The SMILES string of the molecule is COc1cc(S(=O)(=O)NCc2ccc(S(N)(=O)=O)cc2)ccc1NC(C)=O. The quantitative estimate of drug-likeness (QED) is 0.612. The number of primary sulfonamides is 1. The minimum atomic E-state index is -3.86. The lowest BCUT2D eigenvalue weighted by Crippen LogP contribution is -2.23. The smallest absolute Gasteiger partial charge is 0.241 e. The number of benzene rings is 2. The summed E-state index contributed by atoms with van der Waals surface area (Å²) in [6, 6.07) is 9.56. The van der Waals surface area contributed by atoms with Crippen LogP contribution in [0.25, 0.3) is 0 Å². The molecule has 146 valence electrons. The zero-order chi connectivity index (χ0) is 20.2. The van der Waals surface area contributed by atoms with E-state index in [9.17, 15) is 21.6 Å². The van der Waals surface area contributed by atoms with Gasteiger partial charge in [0.05, 0.1) is 22.6 Å². The Morgan fingerprint density at radius 2 is 1.63 bits per heavy atom. The number of carbonyl (C=O) groups is 1. The molecule has 0 saturated heterocycles. The molecule has 0 aliphatic carbocycles. The molecule has 1 amide bonds. The van der Waals surface area contributed by atoms with E-state index < -0.39 is 20.0 Å². The third kappa shape index (κ3) is 5.50. The van der Waals surface area contributed by atoms with E-state index in [1.807, 2.05) is 0 Å². The van der Waals surface area contributed by atoms with Crippen molar-refractivity contribution in [3.63, 3.8) is 0 Å². The lowest BCUT2D eigenvalue weighted by atomic mass is 10.2. The number of methoxy groups -OCH3 is 1. The molecule has 0 radical (unpaired) electrons. The normalized spacial score (nSPS) is 11.8. The molecule has 0 saturated carbocycles.